The minimum Gasteiger partial charge on any atom is -0.477 e. The highest BCUT2D eigenvalue weighted by atomic mass is 16.5. The van der Waals surface area contributed by atoms with Crippen LogP contribution in [0.4, 0.5) is 17.3 Å². The molecule has 1 unspecified atom stereocenters. The summed E-state index contributed by atoms with van der Waals surface area (Å²) >= 11 is 0. The Balaban J connectivity index is 1.64. The van der Waals surface area contributed by atoms with E-state index < -0.39 is 6.10 Å². The first-order chi connectivity index (χ1) is 12.5. The molecule has 0 radical (unpaired) electrons. The molecule has 2 N–H and O–H groups in total. The van der Waals surface area contributed by atoms with Crippen LogP contribution >= 0.6 is 0 Å². The van der Waals surface area contributed by atoms with Crippen LogP contribution in [-0.2, 0) is 16.0 Å². The van der Waals surface area contributed by atoms with E-state index in [1.807, 2.05) is 24.3 Å². The molecule has 7 nitrogen and oxygen atoms in total. The molecule has 1 aromatic heterocycles. The number of ether oxygens (including phenoxy) is 1. The molecule has 1 aromatic carbocycles. The predicted molar refractivity (Wildman–Crippen MR) is 98.2 cm³/mol. The van der Waals surface area contributed by atoms with E-state index in [-0.39, 0.29) is 24.2 Å². The maximum absolute atomic E-state index is 13.0. The number of aromatic nitrogens is 1. The van der Waals surface area contributed by atoms with Gasteiger partial charge in [-0.25, -0.2) is 4.98 Å². The number of amides is 2. The van der Waals surface area contributed by atoms with Crippen molar-refractivity contribution in [2.24, 2.45) is 0 Å². The molecule has 0 spiro atoms. The van der Waals surface area contributed by atoms with Gasteiger partial charge in [-0.05, 0) is 43.5 Å². The normalized spacial score (nSPS) is 18.8. The summed E-state index contributed by atoms with van der Waals surface area (Å²) in [5.41, 5.74) is 7.83. The number of fused-ring (bicyclic) bond motifs is 2. The molecule has 0 aliphatic carbocycles. The summed E-state index contributed by atoms with van der Waals surface area (Å²) in [5, 5.41) is 0. The van der Waals surface area contributed by atoms with Crippen LogP contribution in [0.1, 0.15) is 18.9 Å². The van der Waals surface area contributed by atoms with E-state index >= 15 is 0 Å². The van der Waals surface area contributed by atoms with E-state index in [0.717, 1.165) is 24.1 Å². The Hall–Kier alpha value is -3.09. The molecule has 26 heavy (non-hydrogen) atoms. The summed E-state index contributed by atoms with van der Waals surface area (Å²) in [5.74, 6) is 0.587. The van der Waals surface area contributed by atoms with Crippen LogP contribution in [0, 0.1) is 0 Å². The number of anilines is 3. The second-order valence-electron chi connectivity index (χ2n) is 6.52. The van der Waals surface area contributed by atoms with Crippen molar-refractivity contribution in [1.29, 1.82) is 0 Å². The molecule has 2 aliphatic heterocycles. The third kappa shape index (κ3) is 2.75. The summed E-state index contributed by atoms with van der Waals surface area (Å²) in [6, 6.07) is 11.2. The number of aryl methyl sites for hydroxylation is 1. The number of benzene rings is 1. The van der Waals surface area contributed by atoms with Crippen LogP contribution in [0.15, 0.2) is 36.4 Å². The maximum atomic E-state index is 13.0. The predicted octanol–water partition coefficient (Wildman–Crippen LogP) is 1.76. The largest absolute Gasteiger partial charge is 0.477 e. The van der Waals surface area contributed by atoms with E-state index in [1.54, 1.807) is 24.0 Å². The average Bonchev–Trinajstić information content (AvgIpc) is 2.65. The van der Waals surface area contributed by atoms with Gasteiger partial charge in [-0.1, -0.05) is 18.2 Å². The Morgan fingerprint density at radius 2 is 2.12 bits per heavy atom. The maximum Gasteiger partial charge on any atom is 0.269 e. The molecule has 0 fully saturated rings. The van der Waals surface area contributed by atoms with Gasteiger partial charge in [0.25, 0.3) is 5.91 Å². The zero-order valence-electron chi connectivity index (χ0n) is 14.5. The molecule has 1 atom stereocenters. The van der Waals surface area contributed by atoms with Crippen LogP contribution in [-0.4, -0.2) is 36.0 Å². The van der Waals surface area contributed by atoms with Crippen molar-refractivity contribution in [3.8, 4) is 5.75 Å². The molecule has 7 heteroatoms. The van der Waals surface area contributed by atoms with Gasteiger partial charge in [0.1, 0.15) is 12.4 Å². The van der Waals surface area contributed by atoms with Gasteiger partial charge in [0.15, 0.2) is 17.7 Å². The SMILES string of the molecule is CC1Oc2ccc(N)nc2N(CC(=O)N2CCCc3ccccc32)C1=O. The summed E-state index contributed by atoms with van der Waals surface area (Å²) in [6.07, 6.45) is 1.18. The molecular formula is C19H20N4O3. The first-order valence-corrected chi connectivity index (χ1v) is 8.67. The lowest BCUT2D eigenvalue weighted by Crippen LogP contribution is -2.50. The van der Waals surface area contributed by atoms with Gasteiger partial charge in [0, 0.05) is 12.2 Å². The number of carbonyl (C=O) groups is 2. The van der Waals surface area contributed by atoms with Crippen molar-refractivity contribution < 1.29 is 14.3 Å². The minimum absolute atomic E-state index is 0.0929. The van der Waals surface area contributed by atoms with Gasteiger partial charge in [-0.15, -0.1) is 0 Å². The van der Waals surface area contributed by atoms with E-state index in [0.29, 0.717) is 18.1 Å². The number of nitrogen functional groups attached to an aromatic ring is 1. The summed E-state index contributed by atoms with van der Waals surface area (Å²) < 4.78 is 5.58. The van der Waals surface area contributed by atoms with Crippen LogP contribution in [0.25, 0.3) is 0 Å². The number of hydrogen-bond donors (Lipinski definition) is 1. The lowest BCUT2D eigenvalue weighted by atomic mass is 10.0. The van der Waals surface area contributed by atoms with E-state index in [4.69, 9.17) is 10.5 Å². The molecule has 2 aromatic rings. The Bertz CT molecular complexity index is 883. The highest BCUT2D eigenvalue weighted by Crippen LogP contribution is 2.33. The van der Waals surface area contributed by atoms with Crippen LogP contribution in [0.3, 0.4) is 0 Å². The molecule has 0 saturated carbocycles. The molecule has 2 aliphatic rings. The number of nitrogens with zero attached hydrogens (tertiary/aromatic N) is 3. The molecular weight excluding hydrogens is 332 g/mol. The number of hydrogen-bond acceptors (Lipinski definition) is 5. The molecule has 134 valence electrons. The Labute approximate surface area is 151 Å². The first-order valence-electron chi connectivity index (χ1n) is 8.67. The molecule has 0 saturated heterocycles. The summed E-state index contributed by atoms with van der Waals surface area (Å²) in [7, 11) is 0. The molecule has 0 bridgehead atoms. The summed E-state index contributed by atoms with van der Waals surface area (Å²) in [4.78, 5) is 33.0. The van der Waals surface area contributed by atoms with Gasteiger partial charge in [0.2, 0.25) is 5.91 Å². The van der Waals surface area contributed by atoms with Gasteiger partial charge in [-0.3, -0.25) is 14.5 Å². The lowest BCUT2D eigenvalue weighted by Gasteiger charge is -2.34. The van der Waals surface area contributed by atoms with Crippen molar-refractivity contribution in [3.63, 3.8) is 0 Å². The zero-order valence-corrected chi connectivity index (χ0v) is 14.5. The Kier molecular flexibility index (Phi) is 3.99. The van der Waals surface area contributed by atoms with Crippen molar-refractivity contribution in [2.75, 3.05) is 28.6 Å². The number of nitrogens with two attached hydrogens (primary N) is 1. The average molecular weight is 352 g/mol. The van der Waals surface area contributed by atoms with Crippen molar-refractivity contribution in [2.45, 2.75) is 25.9 Å². The third-order valence-electron chi connectivity index (χ3n) is 4.74. The lowest BCUT2D eigenvalue weighted by molar-refractivity contribution is -0.127. The van der Waals surface area contributed by atoms with E-state index in [9.17, 15) is 9.59 Å². The van der Waals surface area contributed by atoms with Gasteiger partial charge >= 0.3 is 0 Å². The standard InChI is InChI=1S/C19H20N4O3/c1-12-19(25)23(18-15(26-12)8-9-16(20)21-18)11-17(24)22-10-4-6-13-5-2-3-7-14(13)22/h2-3,5,7-9,12H,4,6,10-11H2,1H3,(H2,20,21). The highest BCUT2D eigenvalue weighted by molar-refractivity contribution is 6.06. The zero-order chi connectivity index (χ0) is 18.3. The van der Waals surface area contributed by atoms with Gasteiger partial charge < -0.3 is 15.4 Å². The second-order valence-corrected chi connectivity index (χ2v) is 6.52. The molecule has 4 rings (SSSR count). The quantitative estimate of drug-likeness (QED) is 0.890. The monoisotopic (exact) mass is 352 g/mol. The Morgan fingerprint density at radius 1 is 1.31 bits per heavy atom. The minimum atomic E-state index is -0.672. The van der Waals surface area contributed by atoms with E-state index in [2.05, 4.69) is 4.98 Å². The van der Waals surface area contributed by atoms with Crippen LogP contribution < -0.4 is 20.3 Å². The Morgan fingerprint density at radius 3 is 2.96 bits per heavy atom. The van der Waals surface area contributed by atoms with Gasteiger partial charge in [-0.2, -0.15) is 0 Å². The highest BCUT2D eigenvalue weighted by Gasteiger charge is 2.35. The number of para-hydroxylation sites is 1. The second kappa shape index (κ2) is 6.33. The van der Waals surface area contributed by atoms with Crippen LogP contribution in [0.5, 0.6) is 5.75 Å². The summed E-state index contributed by atoms with van der Waals surface area (Å²) in [6.45, 7) is 2.21. The molecule has 3 heterocycles. The van der Waals surface area contributed by atoms with E-state index in [1.165, 1.54) is 4.90 Å². The fourth-order valence-electron chi connectivity index (χ4n) is 3.47. The number of carbonyl (C=O) groups excluding carboxylic acids is 2. The van der Waals surface area contributed by atoms with Crippen molar-refractivity contribution in [1.82, 2.24) is 4.98 Å². The number of pyridine rings is 1. The topological polar surface area (TPSA) is 88.8 Å². The fourth-order valence-corrected chi connectivity index (χ4v) is 3.47. The number of rotatable bonds is 2. The van der Waals surface area contributed by atoms with Crippen LogP contribution in [0.2, 0.25) is 0 Å². The van der Waals surface area contributed by atoms with Crippen molar-refractivity contribution in [3.05, 3.63) is 42.0 Å². The smallest absolute Gasteiger partial charge is 0.269 e. The first kappa shape index (κ1) is 16.4. The van der Waals surface area contributed by atoms with Crippen molar-refractivity contribution >= 4 is 29.1 Å². The van der Waals surface area contributed by atoms with Gasteiger partial charge in [0.05, 0.1) is 0 Å². The molecule has 2 amide bonds. The third-order valence-corrected chi connectivity index (χ3v) is 4.74. The fraction of sp³-hybridized carbons (Fsp3) is 0.316.